The molecule has 0 amide bonds. The van der Waals surface area contributed by atoms with Crippen LogP contribution in [-0.4, -0.2) is 16.6 Å². The molecule has 0 unspecified atom stereocenters. The standard InChI is InChI=1S/C11H12BrN3S3/c1-7-6-17-11(14-7)15-10(16)13-5-4-8-2-3-9(12)18-8/h2-3,6H,4-5H2,1H3,(H2,13,14,15,16). The first kappa shape index (κ1) is 13.9. The molecule has 0 spiro atoms. The maximum absolute atomic E-state index is 5.20. The first-order chi connectivity index (χ1) is 8.63. The highest BCUT2D eigenvalue weighted by molar-refractivity contribution is 9.11. The number of anilines is 1. The highest BCUT2D eigenvalue weighted by Gasteiger charge is 2.02. The van der Waals surface area contributed by atoms with E-state index in [1.54, 1.807) is 22.7 Å². The number of thiazole rings is 1. The molecule has 0 aromatic carbocycles. The second-order valence-corrected chi connectivity index (χ2v) is 7.44. The predicted molar refractivity (Wildman–Crippen MR) is 86.8 cm³/mol. The van der Waals surface area contributed by atoms with Crippen LogP contribution in [0.4, 0.5) is 5.13 Å². The summed E-state index contributed by atoms with van der Waals surface area (Å²) in [5, 5.41) is 9.71. The Balaban J connectivity index is 1.72. The minimum absolute atomic E-state index is 0.625. The van der Waals surface area contributed by atoms with Crippen molar-refractivity contribution in [2.75, 3.05) is 11.9 Å². The molecule has 0 bridgehead atoms. The van der Waals surface area contributed by atoms with Gasteiger partial charge in [0.2, 0.25) is 0 Å². The normalized spacial score (nSPS) is 10.3. The smallest absolute Gasteiger partial charge is 0.189 e. The fraction of sp³-hybridized carbons (Fsp3) is 0.273. The van der Waals surface area contributed by atoms with Gasteiger partial charge in [-0.05, 0) is 53.6 Å². The molecule has 2 aromatic rings. The van der Waals surface area contributed by atoms with Gasteiger partial charge in [-0.2, -0.15) is 0 Å². The lowest BCUT2D eigenvalue weighted by Crippen LogP contribution is -2.30. The minimum Gasteiger partial charge on any atom is -0.362 e. The maximum Gasteiger partial charge on any atom is 0.189 e. The molecular formula is C11H12BrN3S3. The van der Waals surface area contributed by atoms with Gasteiger partial charge in [-0.3, -0.25) is 0 Å². The molecule has 2 heterocycles. The fourth-order valence-corrected chi connectivity index (χ4v) is 3.78. The van der Waals surface area contributed by atoms with Gasteiger partial charge in [-0.25, -0.2) is 4.98 Å². The zero-order chi connectivity index (χ0) is 13.0. The highest BCUT2D eigenvalue weighted by atomic mass is 79.9. The van der Waals surface area contributed by atoms with E-state index in [1.165, 1.54) is 4.88 Å². The molecule has 0 aliphatic heterocycles. The summed E-state index contributed by atoms with van der Waals surface area (Å²) in [7, 11) is 0. The van der Waals surface area contributed by atoms with Crippen LogP contribution >= 0.6 is 50.8 Å². The van der Waals surface area contributed by atoms with Gasteiger partial charge in [0.1, 0.15) is 0 Å². The van der Waals surface area contributed by atoms with Crippen molar-refractivity contribution in [1.82, 2.24) is 10.3 Å². The molecule has 0 atom stereocenters. The van der Waals surface area contributed by atoms with E-state index in [9.17, 15) is 0 Å². The molecule has 0 saturated heterocycles. The van der Waals surface area contributed by atoms with Crippen molar-refractivity contribution in [3.05, 3.63) is 31.9 Å². The molecule has 0 saturated carbocycles. The molecule has 7 heteroatoms. The molecule has 0 aliphatic rings. The topological polar surface area (TPSA) is 37.0 Å². The number of halogens is 1. The maximum atomic E-state index is 5.20. The van der Waals surface area contributed by atoms with Crippen LogP contribution in [0.3, 0.4) is 0 Å². The molecule has 0 aliphatic carbocycles. The quantitative estimate of drug-likeness (QED) is 0.812. The Morgan fingerprint density at radius 2 is 2.33 bits per heavy atom. The average Bonchev–Trinajstić information content (AvgIpc) is 2.88. The molecule has 18 heavy (non-hydrogen) atoms. The molecule has 3 nitrogen and oxygen atoms in total. The van der Waals surface area contributed by atoms with Crippen molar-refractivity contribution in [3.8, 4) is 0 Å². The lowest BCUT2D eigenvalue weighted by Gasteiger charge is -2.07. The van der Waals surface area contributed by atoms with E-state index in [1.807, 2.05) is 12.3 Å². The Labute approximate surface area is 128 Å². The third kappa shape index (κ3) is 4.31. The second kappa shape index (κ2) is 6.60. The lowest BCUT2D eigenvalue weighted by molar-refractivity contribution is 0.885. The van der Waals surface area contributed by atoms with Crippen molar-refractivity contribution in [3.63, 3.8) is 0 Å². The van der Waals surface area contributed by atoms with Crippen molar-refractivity contribution < 1.29 is 0 Å². The minimum atomic E-state index is 0.625. The van der Waals surface area contributed by atoms with Crippen LogP contribution in [0.15, 0.2) is 21.3 Å². The summed E-state index contributed by atoms with van der Waals surface area (Å²) in [6.45, 7) is 2.79. The van der Waals surface area contributed by atoms with Gasteiger partial charge in [-0.15, -0.1) is 22.7 Å². The Hall–Kier alpha value is -0.500. The van der Waals surface area contributed by atoms with Crippen LogP contribution in [0, 0.1) is 6.92 Å². The van der Waals surface area contributed by atoms with E-state index >= 15 is 0 Å². The number of nitrogens with one attached hydrogen (secondary N) is 2. The largest absolute Gasteiger partial charge is 0.362 e. The molecule has 96 valence electrons. The number of thiocarbonyl (C=S) groups is 1. The SMILES string of the molecule is Cc1csc(NC(=S)NCCc2ccc(Br)s2)n1. The number of hydrogen-bond acceptors (Lipinski definition) is 4. The summed E-state index contributed by atoms with van der Waals surface area (Å²) in [6.07, 6.45) is 0.967. The summed E-state index contributed by atoms with van der Waals surface area (Å²) >= 11 is 12.0. The zero-order valence-corrected chi connectivity index (χ0v) is 13.7. The van der Waals surface area contributed by atoms with E-state index in [4.69, 9.17) is 12.2 Å². The lowest BCUT2D eigenvalue weighted by atomic mass is 10.3. The van der Waals surface area contributed by atoms with E-state index in [0.29, 0.717) is 5.11 Å². The van der Waals surface area contributed by atoms with Crippen molar-refractivity contribution in [2.45, 2.75) is 13.3 Å². The van der Waals surface area contributed by atoms with E-state index in [0.717, 1.165) is 27.6 Å². The molecule has 2 rings (SSSR count). The van der Waals surface area contributed by atoms with Gasteiger partial charge in [-0.1, -0.05) is 0 Å². The second-order valence-electron chi connectivity index (χ2n) is 3.63. The Kier molecular flexibility index (Phi) is 5.11. The van der Waals surface area contributed by atoms with Crippen LogP contribution in [0.25, 0.3) is 0 Å². The van der Waals surface area contributed by atoms with Gasteiger partial charge >= 0.3 is 0 Å². The first-order valence-electron chi connectivity index (χ1n) is 5.34. The van der Waals surface area contributed by atoms with Crippen LogP contribution in [-0.2, 0) is 6.42 Å². The number of thiophene rings is 1. The van der Waals surface area contributed by atoms with Gasteiger partial charge in [0.05, 0.1) is 9.48 Å². The number of hydrogen-bond donors (Lipinski definition) is 2. The number of aromatic nitrogens is 1. The summed E-state index contributed by atoms with van der Waals surface area (Å²) in [6, 6.07) is 4.19. The summed E-state index contributed by atoms with van der Waals surface area (Å²) in [4.78, 5) is 5.63. The van der Waals surface area contributed by atoms with Crippen LogP contribution < -0.4 is 10.6 Å². The molecule has 2 aromatic heterocycles. The third-order valence-corrected chi connectivity index (χ3v) is 4.93. The van der Waals surface area contributed by atoms with E-state index in [2.05, 4.69) is 43.7 Å². The first-order valence-corrected chi connectivity index (χ1v) is 8.24. The van der Waals surface area contributed by atoms with Crippen LogP contribution in [0.2, 0.25) is 0 Å². The van der Waals surface area contributed by atoms with Gasteiger partial charge < -0.3 is 10.6 Å². The summed E-state index contributed by atoms with van der Waals surface area (Å²) < 4.78 is 1.16. The monoisotopic (exact) mass is 361 g/mol. The highest BCUT2D eigenvalue weighted by Crippen LogP contribution is 2.22. The Morgan fingerprint density at radius 1 is 1.50 bits per heavy atom. The third-order valence-electron chi connectivity index (χ3n) is 2.13. The van der Waals surface area contributed by atoms with Gasteiger partial charge in [0.25, 0.3) is 0 Å². The van der Waals surface area contributed by atoms with Crippen molar-refractivity contribution in [2.24, 2.45) is 0 Å². The van der Waals surface area contributed by atoms with E-state index < -0.39 is 0 Å². The zero-order valence-electron chi connectivity index (χ0n) is 9.70. The van der Waals surface area contributed by atoms with Gasteiger partial charge in [0, 0.05) is 16.8 Å². The van der Waals surface area contributed by atoms with Gasteiger partial charge in [0.15, 0.2) is 10.2 Å². The number of nitrogens with zero attached hydrogens (tertiary/aromatic N) is 1. The summed E-state index contributed by atoms with van der Waals surface area (Å²) in [5.74, 6) is 0. The van der Waals surface area contributed by atoms with Crippen LogP contribution in [0.1, 0.15) is 10.6 Å². The Bertz CT molecular complexity index is 535. The van der Waals surface area contributed by atoms with Crippen molar-refractivity contribution >= 4 is 61.1 Å². The average molecular weight is 362 g/mol. The fourth-order valence-electron chi connectivity index (χ4n) is 1.34. The Morgan fingerprint density at radius 3 is 2.94 bits per heavy atom. The summed E-state index contributed by atoms with van der Waals surface area (Å²) in [5.41, 5.74) is 1.01. The number of rotatable bonds is 4. The van der Waals surface area contributed by atoms with E-state index in [-0.39, 0.29) is 0 Å². The molecule has 0 fully saturated rings. The molecular weight excluding hydrogens is 350 g/mol. The molecule has 2 N–H and O–H groups in total. The van der Waals surface area contributed by atoms with Crippen molar-refractivity contribution in [1.29, 1.82) is 0 Å². The van der Waals surface area contributed by atoms with Crippen LogP contribution in [0.5, 0.6) is 0 Å². The molecule has 0 radical (unpaired) electrons. The number of aryl methyl sites for hydroxylation is 1. The predicted octanol–water partition coefficient (Wildman–Crippen LogP) is 3.80.